The number of carboxylic acid groups (broad SMARTS) is 1. The van der Waals surface area contributed by atoms with Gasteiger partial charge in [-0.15, -0.1) is 0 Å². The molecule has 6 nitrogen and oxygen atoms in total. The predicted molar refractivity (Wildman–Crippen MR) is 105 cm³/mol. The smallest absolute Gasteiger partial charge is 0.475 e. The molecule has 0 radical (unpaired) electrons. The molecule has 1 aromatic carbocycles. The van der Waals surface area contributed by atoms with E-state index in [2.05, 4.69) is 17.0 Å². The fraction of sp³-hybridized carbons (Fsp3) is 0.600. The summed E-state index contributed by atoms with van der Waals surface area (Å²) in [7, 11) is 1.64. The van der Waals surface area contributed by atoms with Gasteiger partial charge in [0.25, 0.3) is 0 Å². The van der Waals surface area contributed by atoms with Crippen LogP contribution < -0.4 is 0 Å². The van der Waals surface area contributed by atoms with Gasteiger partial charge in [0.2, 0.25) is 5.91 Å². The number of carbonyl (C=O) groups is 2. The van der Waals surface area contributed by atoms with Crippen LogP contribution in [0.4, 0.5) is 13.2 Å². The number of ether oxygens (including phenoxy) is 1. The Labute approximate surface area is 178 Å². The third-order valence-corrected chi connectivity index (χ3v) is 5.73. The summed E-state index contributed by atoms with van der Waals surface area (Å²) in [4.78, 5) is 25.8. The summed E-state index contributed by atoms with van der Waals surface area (Å²) >= 11 is 5.98. The summed E-state index contributed by atoms with van der Waals surface area (Å²) in [6.07, 6.45) is -1.11. The van der Waals surface area contributed by atoms with E-state index in [9.17, 15) is 18.0 Å². The highest BCUT2D eigenvalue weighted by Crippen LogP contribution is 2.38. The van der Waals surface area contributed by atoms with Crippen LogP contribution in [0.5, 0.6) is 0 Å². The van der Waals surface area contributed by atoms with Crippen LogP contribution >= 0.6 is 11.6 Å². The lowest BCUT2D eigenvalue weighted by atomic mass is 9.94. The number of carbonyl (C=O) groups excluding carboxylic acids is 1. The minimum absolute atomic E-state index is 0.169. The number of hydrogen-bond donors (Lipinski definition) is 1. The number of nitrogens with zero attached hydrogens (tertiary/aromatic N) is 2. The van der Waals surface area contributed by atoms with Crippen molar-refractivity contribution in [3.05, 3.63) is 34.9 Å². The minimum atomic E-state index is -5.08. The SMILES string of the molecule is COCCC(=O)N1CCC2(CCCN2Cc2ccc(Cl)cc2)C1.O=C(O)C(F)(F)F. The first kappa shape index (κ1) is 24.4. The van der Waals surface area contributed by atoms with Crippen LogP contribution in [0.15, 0.2) is 24.3 Å². The summed E-state index contributed by atoms with van der Waals surface area (Å²) in [6, 6.07) is 8.11. The van der Waals surface area contributed by atoms with Crippen molar-refractivity contribution in [3.8, 4) is 0 Å². The highest BCUT2D eigenvalue weighted by Gasteiger charge is 2.46. The van der Waals surface area contributed by atoms with E-state index in [1.807, 2.05) is 17.0 Å². The van der Waals surface area contributed by atoms with Gasteiger partial charge in [0.15, 0.2) is 0 Å². The lowest BCUT2D eigenvalue weighted by molar-refractivity contribution is -0.192. The summed E-state index contributed by atoms with van der Waals surface area (Å²) in [5, 5.41) is 7.90. The molecular formula is C20H26ClF3N2O4. The van der Waals surface area contributed by atoms with Gasteiger partial charge in [-0.2, -0.15) is 13.2 Å². The predicted octanol–water partition coefficient (Wildman–Crippen LogP) is 3.58. The fourth-order valence-corrected chi connectivity index (χ4v) is 4.06. The Hall–Kier alpha value is -1.84. The Bertz CT molecular complexity index is 730. The van der Waals surface area contributed by atoms with Crippen molar-refractivity contribution < 1.29 is 32.6 Å². The molecule has 2 saturated heterocycles. The number of benzene rings is 1. The van der Waals surface area contributed by atoms with Crippen molar-refractivity contribution in [2.75, 3.05) is 33.4 Å². The molecule has 168 valence electrons. The van der Waals surface area contributed by atoms with Crippen LogP contribution in [0.2, 0.25) is 5.02 Å². The molecule has 1 N–H and O–H groups in total. The number of methoxy groups -OCH3 is 1. The summed E-state index contributed by atoms with van der Waals surface area (Å²) in [6.45, 7) is 4.31. The molecule has 10 heteroatoms. The van der Waals surface area contributed by atoms with Crippen LogP contribution in [0.25, 0.3) is 0 Å². The average Bonchev–Trinajstić information content (AvgIpc) is 3.29. The van der Waals surface area contributed by atoms with Crippen LogP contribution in [-0.4, -0.2) is 71.8 Å². The number of carboxylic acids is 1. The number of rotatable bonds is 5. The number of aliphatic carboxylic acids is 1. The minimum Gasteiger partial charge on any atom is -0.475 e. The monoisotopic (exact) mass is 450 g/mol. The van der Waals surface area contributed by atoms with E-state index in [0.29, 0.717) is 13.0 Å². The number of hydrogen-bond acceptors (Lipinski definition) is 4. The fourth-order valence-electron chi connectivity index (χ4n) is 3.93. The van der Waals surface area contributed by atoms with Gasteiger partial charge in [-0.05, 0) is 43.5 Å². The molecule has 1 unspecified atom stereocenters. The highest BCUT2D eigenvalue weighted by molar-refractivity contribution is 6.30. The van der Waals surface area contributed by atoms with Crippen molar-refractivity contribution in [3.63, 3.8) is 0 Å². The first-order valence-corrected chi connectivity index (χ1v) is 10.0. The first-order valence-electron chi connectivity index (χ1n) is 9.64. The number of likely N-dealkylation sites (tertiary alicyclic amines) is 2. The third kappa shape index (κ3) is 6.58. The Morgan fingerprint density at radius 2 is 1.83 bits per heavy atom. The van der Waals surface area contributed by atoms with E-state index < -0.39 is 12.1 Å². The molecule has 0 bridgehead atoms. The Morgan fingerprint density at radius 1 is 1.20 bits per heavy atom. The molecule has 1 atom stereocenters. The maximum absolute atomic E-state index is 12.3. The van der Waals surface area contributed by atoms with Gasteiger partial charge >= 0.3 is 12.1 Å². The molecule has 2 aliphatic heterocycles. The van der Waals surface area contributed by atoms with Gasteiger partial charge in [-0.3, -0.25) is 9.69 Å². The summed E-state index contributed by atoms with van der Waals surface area (Å²) in [5.74, 6) is -2.53. The Balaban J connectivity index is 0.000000396. The Kier molecular flexibility index (Phi) is 8.52. The van der Waals surface area contributed by atoms with E-state index in [0.717, 1.165) is 37.6 Å². The molecule has 2 aliphatic rings. The maximum Gasteiger partial charge on any atom is 0.490 e. The lowest BCUT2D eigenvalue weighted by Gasteiger charge is -2.35. The van der Waals surface area contributed by atoms with Crippen LogP contribution in [0.3, 0.4) is 0 Å². The van der Waals surface area contributed by atoms with Gasteiger partial charge in [0.1, 0.15) is 0 Å². The van der Waals surface area contributed by atoms with E-state index in [4.69, 9.17) is 26.2 Å². The number of halogens is 4. The number of alkyl halides is 3. The second-order valence-electron chi connectivity index (χ2n) is 7.49. The van der Waals surface area contributed by atoms with Gasteiger partial charge in [-0.25, -0.2) is 4.79 Å². The third-order valence-electron chi connectivity index (χ3n) is 5.48. The van der Waals surface area contributed by atoms with E-state index in [-0.39, 0.29) is 11.4 Å². The second-order valence-corrected chi connectivity index (χ2v) is 7.92. The van der Waals surface area contributed by atoms with Crippen molar-refractivity contribution in [1.29, 1.82) is 0 Å². The normalized spacial score (nSPS) is 21.6. The molecule has 2 fully saturated rings. The molecule has 0 saturated carbocycles. The van der Waals surface area contributed by atoms with Crippen LogP contribution in [-0.2, 0) is 20.9 Å². The topological polar surface area (TPSA) is 70.1 Å². The zero-order valence-electron chi connectivity index (χ0n) is 16.8. The van der Waals surface area contributed by atoms with Gasteiger partial charge in [0, 0.05) is 37.3 Å². The van der Waals surface area contributed by atoms with Crippen molar-refractivity contribution >= 4 is 23.5 Å². The largest absolute Gasteiger partial charge is 0.490 e. The van der Waals surface area contributed by atoms with Gasteiger partial charge in [0.05, 0.1) is 13.0 Å². The molecule has 3 rings (SSSR count). The van der Waals surface area contributed by atoms with Crippen LogP contribution in [0.1, 0.15) is 31.2 Å². The van der Waals surface area contributed by atoms with E-state index in [1.165, 1.54) is 18.4 Å². The molecule has 1 aromatic rings. The van der Waals surface area contributed by atoms with Crippen molar-refractivity contribution in [1.82, 2.24) is 9.80 Å². The molecule has 1 amide bonds. The molecule has 0 aromatic heterocycles. The summed E-state index contributed by atoms with van der Waals surface area (Å²) < 4.78 is 36.8. The maximum atomic E-state index is 12.3. The Morgan fingerprint density at radius 3 is 2.40 bits per heavy atom. The molecule has 0 aliphatic carbocycles. The lowest BCUT2D eigenvalue weighted by Crippen LogP contribution is -2.46. The number of amides is 1. The average molecular weight is 451 g/mol. The molecule has 1 spiro atoms. The standard InChI is InChI=1S/C18H25ClN2O2.C2HF3O2/c1-23-12-7-17(22)20-11-9-18(14-20)8-2-10-21(18)13-15-3-5-16(19)6-4-15;3-2(4,5)1(6)7/h3-6H,2,7-14H2,1H3;(H,6,7). The molecule has 2 heterocycles. The van der Waals surface area contributed by atoms with Gasteiger partial charge in [-0.1, -0.05) is 23.7 Å². The summed E-state index contributed by atoms with van der Waals surface area (Å²) in [5.41, 5.74) is 1.46. The van der Waals surface area contributed by atoms with Crippen LogP contribution in [0, 0.1) is 0 Å². The molecular weight excluding hydrogens is 425 g/mol. The zero-order valence-corrected chi connectivity index (χ0v) is 17.5. The molecule has 30 heavy (non-hydrogen) atoms. The highest BCUT2D eigenvalue weighted by atomic mass is 35.5. The van der Waals surface area contributed by atoms with Crippen molar-refractivity contribution in [2.45, 2.75) is 43.9 Å². The van der Waals surface area contributed by atoms with E-state index in [1.54, 1.807) is 7.11 Å². The zero-order chi connectivity index (χ0) is 22.4. The van der Waals surface area contributed by atoms with Crippen molar-refractivity contribution in [2.24, 2.45) is 0 Å². The van der Waals surface area contributed by atoms with Gasteiger partial charge < -0.3 is 14.7 Å². The second kappa shape index (κ2) is 10.5. The first-order chi connectivity index (χ1) is 14.1. The quantitative estimate of drug-likeness (QED) is 0.742. The van der Waals surface area contributed by atoms with E-state index >= 15 is 0 Å².